The van der Waals surface area contributed by atoms with Crippen molar-refractivity contribution in [2.45, 2.75) is 49.5 Å². The van der Waals surface area contributed by atoms with E-state index in [0.717, 1.165) is 16.6 Å². The monoisotopic (exact) mass is 288 g/mol. The van der Waals surface area contributed by atoms with Crippen LogP contribution in [0.1, 0.15) is 50.1 Å². The van der Waals surface area contributed by atoms with E-state index in [1.54, 1.807) is 0 Å². The minimum atomic E-state index is -0.0262. The molecule has 1 aliphatic rings. The van der Waals surface area contributed by atoms with Gasteiger partial charge in [0.25, 0.3) is 5.56 Å². The molecule has 2 aromatic rings. The van der Waals surface area contributed by atoms with E-state index < -0.39 is 0 Å². The molecular weight excluding hydrogens is 268 g/mol. The zero-order valence-corrected chi connectivity index (χ0v) is 12.6. The van der Waals surface area contributed by atoms with Crippen LogP contribution in [0.5, 0.6) is 0 Å². The predicted molar refractivity (Wildman–Crippen MR) is 85.2 cm³/mol. The predicted octanol–water partition coefficient (Wildman–Crippen LogP) is 4.05. The third-order valence-electron chi connectivity index (χ3n) is 3.97. The standard InChI is InChI=1S/C16H20N2OS/c1-11(20-12-7-3-2-4-8-12)15-17-14-10-6-5-9-13(14)16(19)18-15/h5-6,9-12H,2-4,7-8H2,1H3,(H,17,18,19)/t11-/m0/s1. The molecular formula is C16H20N2OS. The third-order valence-corrected chi connectivity index (χ3v) is 5.45. The van der Waals surface area contributed by atoms with E-state index in [-0.39, 0.29) is 10.8 Å². The molecule has 1 aliphatic carbocycles. The summed E-state index contributed by atoms with van der Waals surface area (Å²) in [5.41, 5.74) is 0.768. The van der Waals surface area contributed by atoms with Crippen LogP contribution < -0.4 is 5.56 Å². The number of hydrogen-bond donors (Lipinski definition) is 1. The Labute approximate surface area is 123 Å². The molecule has 4 heteroatoms. The summed E-state index contributed by atoms with van der Waals surface area (Å²) in [7, 11) is 0. The Hall–Kier alpha value is -1.29. The number of rotatable bonds is 3. The van der Waals surface area contributed by atoms with Crippen LogP contribution in [0.2, 0.25) is 0 Å². The van der Waals surface area contributed by atoms with E-state index in [9.17, 15) is 4.79 Å². The van der Waals surface area contributed by atoms with Gasteiger partial charge < -0.3 is 4.98 Å². The number of nitrogens with one attached hydrogen (secondary N) is 1. The van der Waals surface area contributed by atoms with Gasteiger partial charge in [-0.15, -0.1) is 11.8 Å². The molecule has 0 amide bonds. The van der Waals surface area contributed by atoms with Crippen LogP contribution in [-0.4, -0.2) is 15.2 Å². The zero-order chi connectivity index (χ0) is 13.9. The molecule has 3 rings (SSSR count). The molecule has 1 fully saturated rings. The van der Waals surface area contributed by atoms with Crippen LogP contribution in [0.3, 0.4) is 0 Å². The average Bonchev–Trinajstić information content (AvgIpc) is 2.48. The molecule has 1 heterocycles. The first-order chi connectivity index (χ1) is 9.74. The number of nitrogens with zero attached hydrogens (tertiary/aromatic N) is 1. The van der Waals surface area contributed by atoms with E-state index in [4.69, 9.17) is 0 Å². The molecule has 106 valence electrons. The Morgan fingerprint density at radius 2 is 2.00 bits per heavy atom. The van der Waals surface area contributed by atoms with E-state index in [1.807, 2.05) is 36.0 Å². The molecule has 1 aromatic carbocycles. The summed E-state index contributed by atoms with van der Waals surface area (Å²) in [5, 5.41) is 1.64. The van der Waals surface area contributed by atoms with Crippen molar-refractivity contribution in [3.05, 3.63) is 40.4 Å². The lowest BCUT2D eigenvalue weighted by Gasteiger charge is -2.23. The molecule has 1 atom stereocenters. The number of H-pyrrole nitrogens is 1. The Kier molecular flexibility index (Phi) is 4.10. The number of fused-ring (bicyclic) bond motifs is 1. The van der Waals surface area contributed by atoms with Gasteiger partial charge in [0.1, 0.15) is 5.82 Å². The molecule has 1 N–H and O–H groups in total. The second-order valence-corrected chi connectivity index (χ2v) is 7.15. The van der Waals surface area contributed by atoms with Gasteiger partial charge in [-0.25, -0.2) is 4.98 Å². The van der Waals surface area contributed by atoms with Gasteiger partial charge in [-0.3, -0.25) is 4.79 Å². The number of aromatic nitrogens is 2. The second-order valence-electron chi connectivity index (χ2n) is 5.51. The summed E-state index contributed by atoms with van der Waals surface area (Å²) in [4.78, 5) is 19.7. The lowest BCUT2D eigenvalue weighted by atomic mass is 10.0. The largest absolute Gasteiger partial charge is 0.309 e. The molecule has 3 nitrogen and oxygen atoms in total. The van der Waals surface area contributed by atoms with Gasteiger partial charge in [-0.05, 0) is 31.9 Å². The van der Waals surface area contributed by atoms with Gasteiger partial charge in [0.05, 0.1) is 16.2 Å². The topological polar surface area (TPSA) is 45.8 Å². The van der Waals surface area contributed by atoms with Crippen LogP contribution in [0.4, 0.5) is 0 Å². The average molecular weight is 288 g/mol. The van der Waals surface area contributed by atoms with Crippen LogP contribution in [0, 0.1) is 0 Å². The quantitative estimate of drug-likeness (QED) is 0.926. The first-order valence-corrected chi connectivity index (χ1v) is 8.33. The summed E-state index contributed by atoms with van der Waals surface area (Å²) >= 11 is 1.96. The Morgan fingerprint density at radius 1 is 1.25 bits per heavy atom. The van der Waals surface area contributed by atoms with Crippen LogP contribution in [0.25, 0.3) is 10.9 Å². The first-order valence-electron chi connectivity index (χ1n) is 7.38. The molecule has 20 heavy (non-hydrogen) atoms. The molecule has 0 saturated heterocycles. The van der Waals surface area contributed by atoms with E-state index >= 15 is 0 Å². The highest BCUT2D eigenvalue weighted by molar-refractivity contribution is 8.00. The summed E-state index contributed by atoms with van der Waals surface area (Å²) in [6, 6.07) is 7.53. The molecule has 0 aliphatic heterocycles. The number of thioether (sulfide) groups is 1. The fraction of sp³-hybridized carbons (Fsp3) is 0.500. The minimum Gasteiger partial charge on any atom is -0.309 e. The van der Waals surface area contributed by atoms with Crippen LogP contribution in [-0.2, 0) is 0 Å². The van der Waals surface area contributed by atoms with Gasteiger partial charge in [0.2, 0.25) is 0 Å². The minimum absolute atomic E-state index is 0.0262. The van der Waals surface area contributed by atoms with Gasteiger partial charge in [-0.1, -0.05) is 31.4 Å². The van der Waals surface area contributed by atoms with Crippen molar-refractivity contribution in [3.8, 4) is 0 Å². The number of benzene rings is 1. The summed E-state index contributed by atoms with van der Waals surface area (Å²) < 4.78 is 0. The van der Waals surface area contributed by atoms with E-state index in [0.29, 0.717) is 5.39 Å². The van der Waals surface area contributed by atoms with Gasteiger partial charge in [0.15, 0.2) is 0 Å². The van der Waals surface area contributed by atoms with Crippen molar-refractivity contribution in [2.75, 3.05) is 0 Å². The maximum absolute atomic E-state index is 12.1. The molecule has 0 unspecified atom stereocenters. The first kappa shape index (κ1) is 13.7. The van der Waals surface area contributed by atoms with Crippen LogP contribution in [0.15, 0.2) is 29.1 Å². The summed E-state index contributed by atoms with van der Waals surface area (Å²) in [6.07, 6.45) is 6.65. The Bertz CT molecular complexity index is 646. The highest BCUT2D eigenvalue weighted by Gasteiger charge is 2.19. The highest BCUT2D eigenvalue weighted by atomic mass is 32.2. The maximum atomic E-state index is 12.1. The van der Waals surface area contributed by atoms with E-state index in [1.165, 1.54) is 32.1 Å². The number of aromatic amines is 1. The normalized spacial score (nSPS) is 18.2. The third kappa shape index (κ3) is 2.90. The molecule has 0 spiro atoms. The number of hydrogen-bond acceptors (Lipinski definition) is 3. The van der Waals surface area contributed by atoms with Crippen molar-refractivity contribution in [1.82, 2.24) is 9.97 Å². The van der Waals surface area contributed by atoms with Gasteiger partial charge in [0, 0.05) is 5.25 Å². The highest BCUT2D eigenvalue weighted by Crippen LogP contribution is 2.37. The smallest absolute Gasteiger partial charge is 0.258 e. The lowest BCUT2D eigenvalue weighted by Crippen LogP contribution is -2.15. The Morgan fingerprint density at radius 3 is 2.80 bits per heavy atom. The summed E-state index contributed by atoms with van der Waals surface area (Å²) in [5.74, 6) is 0.810. The molecule has 0 radical (unpaired) electrons. The SMILES string of the molecule is C[C@H](SC1CCCCC1)c1nc2ccccc2c(=O)[nH]1. The molecule has 0 bridgehead atoms. The fourth-order valence-corrected chi connectivity index (χ4v) is 4.27. The van der Waals surface area contributed by atoms with Gasteiger partial charge in [-0.2, -0.15) is 0 Å². The molecule has 1 saturated carbocycles. The van der Waals surface area contributed by atoms with Crippen LogP contribution >= 0.6 is 11.8 Å². The number of para-hydroxylation sites is 1. The fourth-order valence-electron chi connectivity index (χ4n) is 2.85. The maximum Gasteiger partial charge on any atom is 0.258 e. The molecule has 1 aromatic heterocycles. The van der Waals surface area contributed by atoms with Crippen molar-refractivity contribution in [2.24, 2.45) is 0 Å². The van der Waals surface area contributed by atoms with Crippen molar-refractivity contribution in [1.29, 1.82) is 0 Å². The van der Waals surface area contributed by atoms with E-state index in [2.05, 4.69) is 16.9 Å². The Balaban J connectivity index is 1.83. The van der Waals surface area contributed by atoms with Crippen molar-refractivity contribution >= 4 is 22.7 Å². The van der Waals surface area contributed by atoms with Crippen molar-refractivity contribution in [3.63, 3.8) is 0 Å². The zero-order valence-electron chi connectivity index (χ0n) is 11.8. The van der Waals surface area contributed by atoms with Gasteiger partial charge >= 0.3 is 0 Å². The summed E-state index contributed by atoms with van der Waals surface area (Å²) in [6.45, 7) is 2.15. The lowest BCUT2D eigenvalue weighted by molar-refractivity contribution is 0.515. The van der Waals surface area contributed by atoms with Crippen molar-refractivity contribution < 1.29 is 0 Å². The second kappa shape index (κ2) is 6.00.